The van der Waals surface area contributed by atoms with Crippen LogP contribution in [0.3, 0.4) is 0 Å². The lowest BCUT2D eigenvalue weighted by Crippen LogP contribution is -2.52. The quantitative estimate of drug-likeness (QED) is 0.152. The number of amides is 4. The molecule has 5 N–H and O–H groups in total. The number of hydrogen-bond donors (Lipinski definition) is 5. The molecule has 14 nitrogen and oxygen atoms in total. The van der Waals surface area contributed by atoms with Gasteiger partial charge in [0.1, 0.15) is 34.4 Å². The molecule has 2 aromatic rings. The Labute approximate surface area is 253 Å². The van der Waals surface area contributed by atoms with E-state index < -0.39 is 51.0 Å². The van der Waals surface area contributed by atoms with E-state index >= 15 is 0 Å². The van der Waals surface area contributed by atoms with Crippen molar-refractivity contribution in [3.63, 3.8) is 0 Å². The Hall–Kier alpha value is -4.66. The van der Waals surface area contributed by atoms with Crippen molar-refractivity contribution in [3.8, 4) is 11.5 Å². The van der Waals surface area contributed by atoms with Gasteiger partial charge in [0.25, 0.3) is 0 Å². The fourth-order valence-corrected chi connectivity index (χ4v) is 6.36. The van der Waals surface area contributed by atoms with Crippen LogP contribution in [-0.4, -0.2) is 75.5 Å². The number of carbonyl (C=O) groups is 5. The summed E-state index contributed by atoms with van der Waals surface area (Å²) >= 11 is 0. The van der Waals surface area contributed by atoms with E-state index in [9.17, 15) is 37.5 Å². The zero-order chi connectivity index (χ0) is 31.9. The van der Waals surface area contributed by atoms with Crippen LogP contribution >= 0.6 is 0 Å². The summed E-state index contributed by atoms with van der Waals surface area (Å²) in [6.07, 6.45) is 1.42. The Balaban J connectivity index is 1.33. The number of esters is 1. The Bertz CT molecular complexity index is 1530. The fourth-order valence-electron chi connectivity index (χ4n) is 4.93. The maximum Gasteiger partial charge on any atom is 0.345 e. The number of aromatic hydroxyl groups is 1. The summed E-state index contributed by atoms with van der Waals surface area (Å²) in [7, 11) is -2.61. The molecular weight excluding hydrogens is 596 g/mol. The zero-order valence-corrected chi connectivity index (χ0v) is 24.8. The largest absolute Gasteiger partial charge is 0.507 e. The second-order valence-electron chi connectivity index (χ2n) is 10.4. The second kappa shape index (κ2) is 14.2. The standard InChI is InChI=1S/C29H34N4O10S/c1-42-29(39)26-21(34)5-4-6-22(26)43-14-3-2-13-30-27(37)20(32-28(38)19-11-12-24(35)31-19)15-17-7-9-18(10-8-17)23-16-25(36)33-44(23,40)41/h4-10,19-20,23,34H,2-3,11-16H2,1H3,(H,30,37)(H,31,35)(H,32,38)(H,33,36). The number of phenolic OH excluding ortho intramolecular Hbond substituents is 1. The highest BCUT2D eigenvalue weighted by atomic mass is 32.2. The summed E-state index contributed by atoms with van der Waals surface area (Å²) in [6.45, 7) is 0.438. The molecule has 0 radical (unpaired) electrons. The van der Waals surface area contributed by atoms with Crippen LogP contribution in [0.4, 0.5) is 0 Å². The van der Waals surface area contributed by atoms with Crippen LogP contribution in [0.2, 0.25) is 0 Å². The molecule has 0 saturated carbocycles. The first-order valence-electron chi connectivity index (χ1n) is 14.0. The molecule has 3 atom stereocenters. The zero-order valence-electron chi connectivity index (χ0n) is 24.0. The lowest BCUT2D eigenvalue weighted by Gasteiger charge is -2.21. The lowest BCUT2D eigenvalue weighted by molar-refractivity contribution is -0.130. The molecule has 0 spiro atoms. The van der Waals surface area contributed by atoms with Crippen molar-refractivity contribution in [2.75, 3.05) is 20.3 Å². The first-order valence-corrected chi connectivity index (χ1v) is 15.6. The highest BCUT2D eigenvalue weighted by Gasteiger charge is 2.38. The molecular formula is C29H34N4O10S. The van der Waals surface area contributed by atoms with E-state index in [2.05, 4.69) is 20.7 Å². The third-order valence-corrected chi connectivity index (χ3v) is 8.96. The Morgan fingerprint density at radius 3 is 2.45 bits per heavy atom. The molecule has 44 heavy (non-hydrogen) atoms. The van der Waals surface area contributed by atoms with Crippen LogP contribution in [0.1, 0.15) is 58.8 Å². The number of nitrogens with one attached hydrogen (secondary N) is 4. The van der Waals surface area contributed by atoms with Crippen LogP contribution in [0.15, 0.2) is 42.5 Å². The third kappa shape index (κ3) is 8.03. The van der Waals surface area contributed by atoms with Gasteiger partial charge in [-0.2, -0.15) is 0 Å². The molecule has 3 unspecified atom stereocenters. The van der Waals surface area contributed by atoms with Crippen LogP contribution in [0.5, 0.6) is 11.5 Å². The molecule has 15 heteroatoms. The summed E-state index contributed by atoms with van der Waals surface area (Å²) < 4.78 is 36.7. The number of hydrogen-bond acceptors (Lipinski definition) is 10. The Morgan fingerprint density at radius 1 is 1.07 bits per heavy atom. The number of benzene rings is 2. The average Bonchev–Trinajstić information content (AvgIpc) is 3.55. The van der Waals surface area contributed by atoms with Gasteiger partial charge < -0.3 is 30.5 Å². The predicted molar refractivity (Wildman–Crippen MR) is 155 cm³/mol. The molecule has 236 valence electrons. The average molecular weight is 631 g/mol. The highest BCUT2D eigenvalue weighted by molar-refractivity contribution is 7.90. The SMILES string of the molecule is COC(=O)c1c(O)cccc1OCCCCNC(=O)C(Cc1ccc(C2CC(=O)NS2(=O)=O)cc1)NC(=O)C1CCC(=O)N1. The number of rotatable bonds is 13. The van der Waals surface area contributed by atoms with E-state index in [4.69, 9.17) is 4.74 Å². The molecule has 0 aromatic heterocycles. The molecule has 2 aliphatic rings. The maximum atomic E-state index is 13.2. The van der Waals surface area contributed by atoms with E-state index in [1.807, 2.05) is 4.72 Å². The topological polar surface area (TPSA) is 206 Å². The minimum absolute atomic E-state index is 0.0802. The van der Waals surface area contributed by atoms with Crippen molar-refractivity contribution in [2.24, 2.45) is 0 Å². The Kier molecular flexibility index (Phi) is 10.4. The van der Waals surface area contributed by atoms with Gasteiger partial charge >= 0.3 is 5.97 Å². The molecule has 2 saturated heterocycles. The van der Waals surface area contributed by atoms with Gasteiger partial charge in [0.2, 0.25) is 33.7 Å². The third-order valence-electron chi connectivity index (χ3n) is 7.26. The molecule has 2 heterocycles. The van der Waals surface area contributed by atoms with Gasteiger partial charge in [0.15, 0.2) is 0 Å². The summed E-state index contributed by atoms with van der Waals surface area (Å²) in [6, 6.07) is 9.09. The fraction of sp³-hybridized carbons (Fsp3) is 0.414. The number of ether oxygens (including phenoxy) is 2. The molecule has 2 aliphatic heterocycles. The van der Waals surface area contributed by atoms with E-state index in [0.717, 1.165) is 0 Å². The summed E-state index contributed by atoms with van der Waals surface area (Å²) in [5, 5.41) is 17.0. The first kappa shape index (κ1) is 32.3. The van der Waals surface area contributed by atoms with Gasteiger partial charge in [-0.15, -0.1) is 0 Å². The molecule has 2 aromatic carbocycles. The molecule has 0 bridgehead atoms. The molecule has 0 aliphatic carbocycles. The predicted octanol–water partition coefficient (Wildman–Crippen LogP) is 0.351. The van der Waals surface area contributed by atoms with E-state index in [-0.39, 0.29) is 55.4 Å². The van der Waals surface area contributed by atoms with Crippen molar-refractivity contribution < 1.29 is 47.0 Å². The molecule has 4 rings (SSSR count). The van der Waals surface area contributed by atoms with Gasteiger partial charge in [-0.1, -0.05) is 30.3 Å². The number of unbranched alkanes of at least 4 members (excludes halogenated alkanes) is 1. The van der Waals surface area contributed by atoms with Gasteiger partial charge in [-0.05, 0) is 42.5 Å². The summed E-state index contributed by atoms with van der Waals surface area (Å²) in [4.78, 5) is 61.1. The Morgan fingerprint density at radius 2 is 1.82 bits per heavy atom. The molecule has 4 amide bonds. The number of sulfonamides is 1. The van der Waals surface area contributed by atoms with Gasteiger partial charge in [0.05, 0.1) is 20.1 Å². The van der Waals surface area contributed by atoms with Crippen molar-refractivity contribution >= 4 is 39.6 Å². The van der Waals surface area contributed by atoms with Crippen LogP contribution in [0, 0.1) is 0 Å². The van der Waals surface area contributed by atoms with E-state index in [1.54, 1.807) is 24.3 Å². The van der Waals surface area contributed by atoms with Gasteiger partial charge in [-0.25, -0.2) is 13.2 Å². The van der Waals surface area contributed by atoms with Crippen LogP contribution in [-0.2, 0) is 40.4 Å². The monoisotopic (exact) mass is 630 g/mol. The van der Waals surface area contributed by atoms with Crippen molar-refractivity contribution in [2.45, 2.75) is 55.9 Å². The summed E-state index contributed by atoms with van der Waals surface area (Å²) in [5.41, 5.74) is 0.987. The van der Waals surface area contributed by atoms with Gasteiger partial charge in [0, 0.05) is 19.4 Å². The number of methoxy groups -OCH3 is 1. The highest BCUT2D eigenvalue weighted by Crippen LogP contribution is 2.30. The van der Waals surface area contributed by atoms with Crippen LogP contribution < -0.4 is 25.4 Å². The first-order chi connectivity index (χ1) is 21.0. The summed E-state index contributed by atoms with van der Waals surface area (Å²) in [5.74, 6) is -2.60. The lowest BCUT2D eigenvalue weighted by atomic mass is 10.0. The van der Waals surface area contributed by atoms with Crippen molar-refractivity contribution in [3.05, 3.63) is 59.2 Å². The maximum absolute atomic E-state index is 13.2. The minimum Gasteiger partial charge on any atom is -0.507 e. The number of phenols is 1. The second-order valence-corrected chi connectivity index (χ2v) is 12.3. The van der Waals surface area contributed by atoms with E-state index in [1.165, 1.54) is 25.3 Å². The smallest absolute Gasteiger partial charge is 0.345 e. The minimum atomic E-state index is -3.81. The van der Waals surface area contributed by atoms with Crippen molar-refractivity contribution in [1.82, 2.24) is 20.7 Å². The van der Waals surface area contributed by atoms with Crippen molar-refractivity contribution in [1.29, 1.82) is 0 Å². The number of carbonyl (C=O) groups excluding carboxylic acids is 5. The molecule has 2 fully saturated rings. The van der Waals surface area contributed by atoms with Crippen LogP contribution in [0.25, 0.3) is 0 Å². The normalized spacial score (nSPS) is 19.4. The van der Waals surface area contributed by atoms with Gasteiger partial charge in [-0.3, -0.25) is 23.9 Å². The van der Waals surface area contributed by atoms with E-state index in [0.29, 0.717) is 30.4 Å².